The second-order valence-corrected chi connectivity index (χ2v) is 9.58. The summed E-state index contributed by atoms with van der Waals surface area (Å²) in [4.78, 5) is 28.2. The summed E-state index contributed by atoms with van der Waals surface area (Å²) in [5.74, 6) is -1.37. The van der Waals surface area contributed by atoms with Gasteiger partial charge in [0.1, 0.15) is 11.9 Å². The van der Waals surface area contributed by atoms with E-state index in [-0.39, 0.29) is 55.3 Å². The van der Waals surface area contributed by atoms with Crippen LogP contribution in [-0.2, 0) is 32.4 Å². The van der Waals surface area contributed by atoms with Crippen LogP contribution >= 0.6 is 0 Å². The minimum Gasteiger partial charge on any atom is -0.433 e. The molecule has 0 radical (unpaired) electrons. The first kappa shape index (κ1) is 31.9. The number of hydrogen-bond acceptors (Lipinski definition) is 8. The van der Waals surface area contributed by atoms with E-state index in [0.29, 0.717) is 18.7 Å². The fraction of sp³-hybridized carbons (Fsp3) is 0.346. The van der Waals surface area contributed by atoms with Crippen molar-refractivity contribution in [1.29, 1.82) is 0 Å². The van der Waals surface area contributed by atoms with E-state index in [1.807, 2.05) is 0 Å². The lowest BCUT2D eigenvalue weighted by atomic mass is 10.2. The maximum absolute atomic E-state index is 14.6. The van der Waals surface area contributed by atoms with E-state index in [4.69, 9.17) is 0 Å². The van der Waals surface area contributed by atoms with Gasteiger partial charge < -0.3 is 15.4 Å². The van der Waals surface area contributed by atoms with Gasteiger partial charge in [-0.2, -0.15) is 22.0 Å². The largest absolute Gasteiger partial charge is 0.433 e. The highest BCUT2D eigenvalue weighted by atomic mass is 19.4. The van der Waals surface area contributed by atoms with Crippen molar-refractivity contribution in [3.63, 3.8) is 0 Å². The topological polar surface area (TPSA) is 142 Å². The van der Waals surface area contributed by atoms with Gasteiger partial charge in [-0.25, -0.2) is 9.07 Å². The summed E-state index contributed by atoms with van der Waals surface area (Å²) in [6.07, 6.45) is -5.06. The Hall–Kier alpha value is -5.03. The molecule has 0 aliphatic heterocycles. The van der Waals surface area contributed by atoms with Gasteiger partial charge in [0.15, 0.2) is 11.4 Å². The molecule has 234 valence electrons. The summed E-state index contributed by atoms with van der Waals surface area (Å²) in [5, 5.41) is 19.9. The van der Waals surface area contributed by atoms with E-state index in [1.165, 1.54) is 41.5 Å². The van der Waals surface area contributed by atoms with Gasteiger partial charge in [-0.05, 0) is 29.3 Å². The van der Waals surface area contributed by atoms with Crippen molar-refractivity contribution in [3.05, 3.63) is 83.2 Å². The van der Waals surface area contributed by atoms with E-state index >= 15 is 0 Å². The van der Waals surface area contributed by atoms with Crippen LogP contribution in [0.25, 0.3) is 0 Å². The lowest BCUT2D eigenvalue weighted by Gasteiger charge is -2.13. The molecule has 12 nitrogen and oxygen atoms in total. The van der Waals surface area contributed by atoms with Crippen LogP contribution < -0.4 is 15.4 Å². The van der Waals surface area contributed by atoms with Gasteiger partial charge >= 0.3 is 12.3 Å². The van der Waals surface area contributed by atoms with Crippen LogP contribution in [0, 0.1) is 0 Å². The first-order valence-corrected chi connectivity index (χ1v) is 12.9. The Bertz CT molecular complexity index is 1590. The highest BCUT2D eigenvalue weighted by molar-refractivity contribution is 5.92. The third-order valence-electron chi connectivity index (χ3n) is 5.82. The molecule has 3 aromatic heterocycles. The number of amides is 2. The normalized spacial score (nSPS) is 12.5. The molecule has 1 aromatic carbocycles. The maximum Gasteiger partial charge on any atom is 0.417 e. The van der Waals surface area contributed by atoms with Gasteiger partial charge in [0.2, 0.25) is 0 Å². The quantitative estimate of drug-likeness (QED) is 0.215. The van der Waals surface area contributed by atoms with Crippen molar-refractivity contribution in [3.8, 4) is 5.75 Å². The SMILES string of the molecule is CC(F)(F)Oc1cccc(CNC(=O)c2cn(CCC(F)Cn3cc(C(=O)NCc4cncc(C(F)(F)F)c4)nn3)nn2)c1. The Morgan fingerprint density at radius 3 is 2.20 bits per heavy atom. The van der Waals surface area contributed by atoms with Crippen molar-refractivity contribution >= 4 is 11.8 Å². The van der Waals surface area contributed by atoms with Crippen molar-refractivity contribution in [2.45, 2.75) is 58.0 Å². The average Bonchev–Trinajstić information content (AvgIpc) is 3.63. The van der Waals surface area contributed by atoms with E-state index in [9.17, 15) is 35.9 Å². The number of pyridine rings is 1. The number of hydrogen-bond donors (Lipinski definition) is 2. The van der Waals surface area contributed by atoms with Crippen LogP contribution in [0.2, 0.25) is 0 Å². The van der Waals surface area contributed by atoms with Gasteiger partial charge in [0, 0.05) is 45.4 Å². The number of benzene rings is 1. The Balaban J connectivity index is 1.21. The van der Waals surface area contributed by atoms with Gasteiger partial charge in [-0.1, -0.05) is 22.6 Å². The van der Waals surface area contributed by atoms with Crippen LogP contribution in [0.15, 0.2) is 55.1 Å². The predicted molar refractivity (Wildman–Crippen MR) is 139 cm³/mol. The molecular formula is C26H25F6N9O3. The Morgan fingerprint density at radius 1 is 0.909 bits per heavy atom. The monoisotopic (exact) mass is 625 g/mol. The van der Waals surface area contributed by atoms with Crippen molar-refractivity contribution < 1.29 is 40.7 Å². The van der Waals surface area contributed by atoms with E-state index in [1.54, 1.807) is 6.07 Å². The average molecular weight is 626 g/mol. The highest BCUT2D eigenvalue weighted by Gasteiger charge is 2.31. The van der Waals surface area contributed by atoms with E-state index in [2.05, 4.69) is 41.0 Å². The molecule has 18 heteroatoms. The Kier molecular flexibility index (Phi) is 9.80. The number of aromatic nitrogens is 7. The fourth-order valence-corrected chi connectivity index (χ4v) is 3.78. The number of carbonyl (C=O) groups excluding carboxylic acids is 2. The predicted octanol–water partition coefficient (Wildman–Crippen LogP) is 3.56. The van der Waals surface area contributed by atoms with Crippen LogP contribution in [0.5, 0.6) is 5.75 Å². The number of ether oxygens (including phenoxy) is 1. The van der Waals surface area contributed by atoms with Gasteiger partial charge in [-0.15, -0.1) is 10.2 Å². The fourth-order valence-electron chi connectivity index (χ4n) is 3.78. The molecule has 0 fully saturated rings. The second kappa shape index (κ2) is 13.5. The van der Waals surface area contributed by atoms with Crippen molar-refractivity contribution in [2.75, 3.05) is 0 Å². The minimum atomic E-state index is -4.57. The molecule has 2 amide bonds. The second-order valence-electron chi connectivity index (χ2n) is 9.58. The summed E-state index contributed by atoms with van der Waals surface area (Å²) in [5.41, 5.74) is -0.519. The van der Waals surface area contributed by atoms with Crippen LogP contribution in [0.1, 0.15) is 51.0 Å². The van der Waals surface area contributed by atoms with E-state index in [0.717, 1.165) is 10.7 Å². The molecule has 0 bridgehead atoms. The highest BCUT2D eigenvalue weighted by Crippen LogP contribution is 2.29. The number of nitrogens with zero attached hydrogens (tertiary/aromatic N) is 7. The summed E-state index contributed by atoms with van der Waals surface area (Å²) in [7, 11) is 0. The summed E-state index contributed by atoms with van der Waals surface area (Å²) >= 11 is 0. The lowest BCUT2D eigenvalue weighted by molar-refractivity contribution is -0.159. The molecule has 4 rings (SSSR count). The number of halogens is 6. The molecule has 0 aliphatic carbocycles. The first-order valence-electron chi connectivity index (χ1n) is 12.9. The Labute approximate surface area is 245 Å². The zero-order valence-corrected chi connectivity index (χ0v) is 22.9. The number of rotatable bonds is 13. The molecule has 1 unspecified atom stereocenters. The number of alkyl halides is 6. The first-order chi connectivity index (χ1) is 20.7. The summed E-state index contributed by atoms with van der Waals surface area (Å²) < 4.78 is 86.1. The molecule has 3 heterocycles. The van der Waals surface area contributed by atoms with Gasteiger partial charge in [-0.3, -0.25) is 19.3 Å². The van der Waals surface area contributed by atoms with E-state index < -0.39 is 35.8 Å². The number of carbonyl (C=O) groups is 2. The lowest BCUT2D eigenvalue weighted by Crippen LogP contribution is -2.23. The third kappa shape index (κ3) is 9.50. The summed E-state index contributed by atoms with van der Waals surface area (Å²) in [6, 6.07) is 6.70. The Morgan fingerprint density at radius 2 is 1.55 bits per heavy atom. The maximum atomic E-state index is 14.6. The van der Waals surface area contributed by atoms with Gasteiger partial charge in [0.05, 0.1) is 24.5 Å². The minimum absolute atomic E-state index is 0.00506. The van der Waals surface area contributed by atoms with Crippen LogP contribution in [0.4, 0.5) is 26.3 Å². The number of aryl methyl sites for hydroxylation is 1. The molecule has 4 aromatic rings. The molecule has 44 heavy (non-hydrogen) atoms. The van der Waals surface area contributed by atoms with Crippen molar-refractivity contribution in [2.24, 2.45) is 0 Å². The van der Waals surface area contributed by atoms with Crippen molar-refractivity contribution in [1.82, 2.24) is 45.6 Å². The van der Waals surface area contributed by atoms with Gasteiger partial charge in [0.25, 0.3) is 11.8 Å². The molecule has 0 saturated heterocycles. The number of nitrogens with one attached hydrogen (secondary N) is 2. The molecular weight excluding hydrogens is 600 g/mol. The zero-order valence-electron chi connectivity index (χ0n) is 22.9. The standard InChI is InChI=1S/C26H25F6N9O3/c1-25(28,29)44-20-4-2-3-16(8-20)10-34-23(42)21-14-40(38-36-21)6-5-19(27)13-41-15-22(37-39-41)24(43)35-11-17-7-18(12-33-9-17)26(30,31)32/h2-4,7-9,12,14-15,19H,5-6,10-11,13H2,1H3,(H,34,42)(H,35,43). The smallest absolute Gasteiger partial charge is 0.417 e. The third-order valence-corrected chi connectivity index (χ3v) is 5.82. The van der Waals surface area contributed by atoms with Crippen LogP contribution in [0.3, 0.4) is 0 Å². The molecule has 2 N–H and O–H groups in total. The molecule has 0 aliphatic rings. The zero-order chi connectivity index (χ0) is 31.9. The molecule has 0 spiro atoms. The molecule has 0 saturated carbocycles. The summed E-state index contributed by atoms with van der Waals surface area (Å²) in [6.45, 7) is 0.171. The van der Waals surface area contributed by atoms with Crippen LogP contribution in [-0.4, -0.2) is 59.1 Å². The molecule has 1 atom stereocenters.